The van der Waals surface area contributed by atoms with Crippen molar-refractivity contribution in [1.29, 1.82) is 0 Å². The van der Waals surface area contributed by atoms with Crippen molar-refractivity contribution in [2.75, 3.05) is 0 Å². The Kier molecular flexibility index (Phi) is 5.18. The van der Waals surface area contributed by atoms with Crippen LogP contribution in [0.2, 0.25) is 0 Å². The molecule has 0 saturated carbocycles. The Morgan fingerprint density at radius 2 is 1.76 bits per heavy atom. The van der Waals surface area contributed by atoms with Crippen LogP contribution in [0, 0.1) is 6.92 Å². The Hall–Kier alpha value is -5.31. The van der Waals surface area contributed by atoms with Gasteiger partial charge in [-0.3, -0.25) is 20.1 Å². The third-order valence-electron chi connectivity index (χ3n) is 6.47. The quantitative estimate of drug-likeness (QED) is 0.307. The summed E-state index contributed by atoms with van der Waals surface area (Å²) >= 11 is 0. The molecular weight excluding hydrogens is 476 g/mol. The number of aromatic nitrogens is 8. The molecule has 0 radical (unpaired) electrons. The lowest BCUT2D eigenvalue weighted by atomic mass is 10.1. The van der Waals surface area contributed by atoms with E-state index in [1.165, 1.54) is 0 Å². The fraction of sp³-hybridized carbons (Fsp3) is 0.0690. The largest absolute Gasteiger partial charge is 0.487 e. The molecule has 7 rings (SSSR count). The lowest BCUT2D eigenvalue weighted by Gasteiger charge is -2.08. The first kappa shape index (κ1) is 21.9. The third kappa shape index (κ3) is 3.96. The highest BCUT2D eigenvalue weighted by Gasteiger charge is 2.15. The number of nitrogens with one attached hydrogen (secondary N) is 2. The number of fused-ring (bicyclic) bond motifs is 2. The van der Waals surface area contributed by atoms with E-state index >= 15 is 0 Å². The number of hydrogen-bond donors (Lipinski definition) is 2. The van der Waals surface area contributed by atoms with Crippen LogP contribution in [-0.4, -0.2) is 39.7 Å². The Labute approximate surface area is 217 Å². The van der Waals surface area contributed by atoms with Gasteiger partial charge in [-0.05, 0) is 30.7 Å². The number of aryl methyl sites for hydroxylation is 1. The predicted octanol–water partition coefficient (Wildman–Crippen LogP) is 5.64. The SMILES string of the molecule is Cc1cn(-c2cncc3[nH]c(-c4n[nH]c5cnc(-c6cncc(OCc7ccccc7)c6)cc45)cc23)cn1. The number of ether oxygens (including phenoxy) is 1. The molecule has 7 aromatic rings. The molecule has 38 heavy (non-hydrogen) atoms. The van der Waals surface area contributed by atoms with Gasteiger partial charge in [-0.15, -0.1) is 0 Å². The van der Waals surface area contributed by atoms with Gasteiger partial charge in [0.25, 0.3) is 0 Å². The molecule has 0 saturated heterocycles. The number of nitrogens with zero attached hydrogens (tertiary/aromatic N) is 6. The van der Waals surface area contributed by atoms with E-state index in [4.69, 9.17) is 4.74 Å². The molecule has 1 aromatic carbocycles. The lowest BCUT2D eigenvalue weighted by molar-refractivity contribution is 0.305. The molecule has 0 aliphatic carbocycles. The summed E-state index contributed by atoms with van der Waals surface area (Å²) in [5.74, 6) is 0.686. The van der Waals surface area contributed by atoms with Crippen LogP contribution < -0.4 is 4.74 Å². The first-order valence-electron chi connectivity index (χ1n) is 12.2. The van der Waals surface area contributed by atoms with Crippen LogP contribution in [-0.2, 0) is 6.61 Å². The zero-order valence-electron chi connectivity index (χ0n) is 20.5. The zero-order valence-corrected chi connectivity index (χ0v) is 20.5. The zero-order chi connectivity index (χ0) is 25.5. The predicted molar refractivity (Wildman–Crippen MR) is 145 cm³/mol. The van der Waals surface area contributed by atoms with Crippen molar-refractivity contribution < 1.29 is 4.74 Å². The van der Waals surface area contributed by atoms with Gasteiger partial charge in [0.1, 0.15) is 18.1 Å². The first-order valence-corrected chi connectivity index (χ1v) is 12.2. The number of pyridine rings is 3. The van der Waals surface area contributed by atoms with Crippen molar-refractivity contribution in [3.05, 3.63) is 103 Å². The van der Waals surface area contributed by atoms with Crippen LogP contribution >= 0.6 is 0 Å². The van der Waals surface area contributed by atoms with Crippen LogP contribution in [0.25, 0.3) is 50.1 Å². The highest BCUT2D eigenvalue weighted by molar-refractivity contribution is 5.98. The minimum Gasteiger partial charge on any atom is -0.487 e. The summed E-state index contributed by atoms with van der Waals surface area (Å²) in [6.07, 6.45) is 12.7. The van der Waals surface area contributed by atoms with E-state index in [0.717, 1.165) is 61.4 Å². The molecule has 0 spiro atoms. The molecule has 0 unspecified atom stereocenters. The van der Waals surface area contributed by atoms with E-state index in [1.54, 1.807) is 24.9 Å². The highest BCUT2D eigenvalue weighted by Crippen LogP contribution is 2.32. The Morgan fingerprint density at radius 3 is 2.63 bits per heavy atom. The van der Waals surface area contributed by atoms with Gasteiger partial charge in [-0.1, -0.05) is 30.3 Å². The van der Waals surface area contributed by atoms with Gasteiger partial charge in [0.2, 0.25) is 0 Å². The standard InChI is InChI=1S/C29H22N8O/c1-18-15-37(17-33-18)28-14-31-12-26-22(28)8-25(34-26)29-23-9-24(32-13-27(23)35-36-29)20-7-21(11-30-10-20)38-16-19-5-3-2-4-6-19/h2-15,17,34H,16H2,1H3,(H,35,36). The molecule has 0 aliphatic rings. The van der Waals surface area contributed by atoms with Gasteiger partial charge in [0, 0.05) is 28.7 Å². The average Bonchev–Trinajstić information content (AvgIpc) is 3.70. The average molecular weight is 499 g/mol. The van der Waals surface area contributed by atoms with E-state index < -0.39 is 0 Å². The lowest BCUT2D eigenvalue weighted by Crippen LogP contribution is -1.96. The minimum absolute atomic E-state index is 0.472. The molecule has 6 heterocycles. The minimum atomic E-state index is 0.472. The van der Waals surface area contributed by atoms with E-state index in [-0.39, 0.29) is 0 Å². The van der Waals surface area contributed by atoms with Gasteiger partial charge >= 0.3 is 0 Å². The first-order chi connectivity index (χ1) is 18.7. The van der Waals surface area contributed by atoms with Gasteiger partial charge < -0.3 is 14.3 Å². The molecule has 2 N–H and O–H groups in total. The van der Waals surface area contributed by atoms with Gasteiger partial charge in [-0.25, -0.2) is 4.98 Å². The molecule has 0 amide bonds. The Morgan fingerprint density at radius 1 is 0.868 bits per heavy atom. The molecule has 0 fully saturated rings. The second kappa shape index (κ2) is 8.97. The van der Waals surface area contributed by atoms with Gasteiger partial charge in [0.05, 0.1) is 64.9 Å². The number of hydrogen-bond acceptors (Lipinski definition) is 6. The van der Waals surface area contributed by atoms with Gasteiger partial charge in [-0.2, -0.15) is 5.10 Å². The van der Waals surface area contributed by atoms with Crippen LogP contribution in [0.3, 0.4) is 0 Å². The Bertz CT molecular complexity index is 1900. The summed E-state index contributed by atoms with van der Waals surface area (Å²) in [4.78, 5) is 21.3. The normalized spacial score (nSPS) is 11.4. The summed E-state index contributed by atoms with van der Waals surface area (Å²) in [7, 11) is 0. The molecule has 0 atom stereocenters. The van der Waals surface area contributed by atoms with Crippen LogP contribution in [0.4, 0.5) is 0 Å². The van der Waals surface area contributed by atoms with E-state index in [9.17, 15) is 0 Å². The summed E-state index contributed by atoms with van der Waals surface area (Å²) in [5.41, 5.74) is 8.09. The summed E-state index contributed by atoms with van der Waals surface area (Å²) in [6.45, 7) is 2.44. The van der Waals surface area contributed by atoms with E-state index in [1.807, 2.05) is 72.5 Å². The van der Waals surface area contributed by atoms with Crippen LogP contribution in [0.15, 0.2) is 92.0 Å². The molecule has 9 nitrogen and oxygen atoms in total. The van der Waals surface area contributed by atoms with Crippen LogP contribution in [0.1, 0.15) is 11.3 Å². The third-order valence-corrected chi connectivity index (χ3v) is 6.47. The Balaban J connectivity index is 1.24. The van der Waals surface area contributed by atoms with Crippen LogP contribution in [0.5, 0.6) is 5.75 Å². The summed E-state index contributed by atoms with van der Waals surface area (Å²) in [5, 5.41) is 9.69. The maximum atomic E-state index is 5.98. The smallest absolute Gasteiger partial charge is 0.138 e. The van der Waals surface area contributed by atoms with Crippen molar-refractivity contribution in [3.63, 3.8) is 0 Å². The van der Waals surface area contributed by atoms with Crippen molar-refractivity contribution in [2.45, 2.75) is 13.5 Å². The molecule has 0 aliphatic heterocycles. The van der Waals surface area contributed by atoms with Crippen molar-refractivity contribution in [2.24, 2.45) is 0 Å². The molecular formula is C29H22N8O. The maximum Gasteiger partial charge on any atom is 0.138 e. The van der Waals surface area contributed by atoms with Gasteiger partial charge in [0.15, 0.2) is 0 Å². The number of imidazole rings is 1. The number of rotatable bonds is 6. The molecule has 184 valence electrons. The fourth-order valence-corrected chi connectivity index (χ4v) is 4.58. The van der Waals surface area contributed by atoms with Crippen molar-refractivity contribution >= 4 is 21.8 Å². The second-order valence-corrected chi connectivity index (χ2v) is 9.10. The highest BCUT2D eigenvalue weighted by atomic mass is 16.5. The van der Waals surface area contributed by atoms with E-state index in [0.29, 0.717) is 12.4 Å². The molecule has 9 heteroatoms. The summed E-state index contributed by atoms with van der Waals surface area (Å²) in [6, 6.07) is 16.1. The van der Waals surface area contributed by atoms with Crippen molar-refractivity contribution in [1.82, 2.24) is 39.7 Å². The number of benzene rings is 1. The maximum absolute atomic E-state index is 5.98. The number of H-pyrrole nitrogens is 2. The monoisotopic (exact) mass is 498 g/mol. The molecule has 6 aromatic heterocycles. The number of aromatic amines is 2. The fourth-order valence-electron chi connectivity index (χ4n) is 4.58. The second-order valence-electron chi connectivity index (χ2n) is 9.10. The topological polar surface area (TPSA) is 110 Å². The van der Waals surface area contributed by atoms with E-state index in [2.05, 4.69) is 41.2 Å². The van der Waals surface area contributed by atoms with Crippen molar-refractivity contribution in [3.8, 4) is 34.1 Å². The summed E-state index contributed by atoms with van der Waals surface area (Å²) < 4.78 is 7.96. The molecule has 0 bridgehead atoms.